The Labute approximate surface area is 176 Å². The smallest absolute Gasteiger partial charge is 0.362 e. The average molecular weight is 482 g/mol. The van der Waals surface area contributed by atoms with Crippen LogP contribution >= 0.6 is 23.1 Å². The Bertz CT molecular complexity index is 1010. The predicted octanol–water partition coefficient (Wildman–Crippen LogP) is -2.16. The molecule has 0 bridgehead atoms. The van der Waals surface area contributed by atoms with Crippen molar-refractivity contribution in [2.75, 3.05) is 18.1 Å². The molecule has 1 fully saturated rings. The number of nitrogens with two attached hydrogens (primary N) is 2. The molecule has 0 aromatic carbocycles. The third-order valence-corrected chi connectivity index (χ3v) is 5.84. The van der Waals surface area contributed by atoms with E-state index in [1.54, 1.807) is 0 Å². The van der Waals surface area contributed by atoms with Crippen LogP contribution in [0.25, 0.3) is 0 Å². The van der Waals surface area contributed by atoms with Crippen LogP contribution in [-0.4, -0.2) is 80.5 Å². The number of hydrogen-bond acceptors (Lipinski definition) is 12. The van der Waals surface area contributed by atoms with E-state index >= 15 is 0 Å². The fraction of sp³-hybridized carbons (Fsp3) is 0.333. The van der Waals surface area contributed by atoms with Crippen LogP contribution in [0.3, 0.4) is 0 Å². The summed E-state index contributed by atoms with van der Waals surface area (Å²) in [5.41, 5.74) is 9.84. The molecule has 18 heteroatoms. The summed E-state index contributed by atoms with van der Waals surface area (Å²) in [6, 6.07) is -2.79. The van der Waals surface area contributed by atoms with E-state index in [-0.39, 0.29) is 20.9 Å². The predicted molar refractivity (Wildman–Crippen MR) is 103 cm³/mol. The van der Waals surface area contributed by atoms with Gasteiger partial charge < -0.3 is 26.7 Å². The summed E-state index contributed by atoms with van der Waals surface area (Å²) in [7, 11) is -4.95. The number of primary amides is 1. The minimum atomic E-state index is -4.95. The number of nitrogens with one attached hydrogen (secondary N) is 1. The number of aliphatic carboxylic acids is 1. The molecule has 0 radical (unpaired) electrons. The van der Waals surface area contributed by atoms with Gasteiger partial charge in [-0.15, -0.1) is 11.3 Å². The van der Waals surface area contributed by atoms with E-state index in [1.807, 2.05) is 0 Å². The molecule has 1 aromatic rings. The van der Waals surface area contributed by atoms with E-state index in [4.69, 9.17) is 16.6 Å². The first-order chi connectivity index (χ1) is 13.9. The molecular formula is C12H14N6O9S3. The minimum absolute atomic E-state index is 0.0525. The Morgan fingerprint density at radius 3 is 2.60 bits per heavy atom. The van der Waals surface area contributed by atoms with Crippen LogP contribution in [0.4, 0.5) is 9.93 Å². The van der Waals surface area contributed by atoms with Gasteiger partial charge in [0.05, 0.1) is 6.04 Å². The van der Waals surface area contributed by atoms with Crippen LogP contribution in [0, 0.1) is 0 Å². The first kappa shape index (κ1) is 23.3. The third kappa shape index (κ3) is 5.55. The molecule has 0 aliphatic carbocycles. The molecule has 0 saturated carbocycles. The number of carbonyl (C=O) groups is 4. The van der Waals surface area contributed by atoms with E-state index in [0.29, 0.717) is 11.8 Å². The lowest BCUT2D eigenvalue weighted by Crippen LogP contribution is -2.73. The Hall–Kier alpha value is -2.96. The number of amides is 3. The summed E-state index contributed by atoms with van der Waals surface area (Å²) in [6.07, 6.45) is 0. The zero-order valence-electron chi connectivity index (χ0n) is 14.6. The number of anilines is 1. The molecule has 15 nitrogen and oxygen atoms in total. The molecule has 0 spiro atoms. The molecule has 0 unspecified atom stereocenters. The number of carboxylic acid groups (broad SMARTS) is 1. The first-order valence-corrected chi connectivity index (χ1v) is 10.8. The molecule has 164 valence electrons. The summed E-state index contributed by atoms with van der Waals surface area (Å²) in [6.45, 7) is -0.882. The lowest BCUT2D eigenvalue weighted by atomic mass is 10.0. The van der Waals surface area contributed by atoms with Gasteiger partial charge in [-0.25, -0.2) is 14.1 Å². The van der Waals surface area contributed by atoms with E-state index < -0.39 is 57.7 Å². The zero-order valence-corrected chi connectivity index (χ0v) is 17.1. The summed E-state index contributed by atoms with van der Waals surface area (Å²) in [5.74, 6) is -3.98. The number of oxime groups is 1. The van der Waals surface area contributed by atoms with Crippen molar-refractivity contribution in [2.24, 2.45) is 10.9 Å². The van der Waals surface area contributed by atoms with E-state index in [1.165, 1.54) is 5.38 Å². The number of nitrogens with zero attached hydrogens (tertiary/aromatic N) is 3. The number of aromatic nitrogens is 1. The van der Waals surface area contributed by atoms with Gasteiger partial charge in [-0.05, 0) is 0 Å². The van der Waals surface area contributed by atoms with Crippen LogP contribution in [0.1, 0.15) is 5.69 Å². The van der Waals surface area contributed by atoms with Gasteiger partial charge in [0.15, 0.2) is 10.8 Å². The van der Waals surface area contributed by atoms with Crippen molar-refractivity contribution in [2.45, 2.75) is 12.1 Å². The number of carboxylic acids is 1. The molecule has 7 N–H and O–H groups in total. The molecule has 2 heterocycles. The molecular weight excluding hydrogens is 468 g/mol. The molecule has 2 rings (SSSR count). The summed E-state index contributed by atoms with van der Waals surface area (Å²) in [4.78, 5) is 54.6. The minimum Gasteiger partial charge on any atom is -0.479 e. The quantitative estimate of drug-likeness (QED) is 0.109. The highest BCUT2D eigenvalue weighted by molar-refractivity contribution is 8.13. The SMILES string of the molecule is NC(=O)SC[C@@H]1[C@H](NC(=O)/C(=N\OCC(=O)O)c2csc(N)n2)C(=O)N1S(=O)(=O)O. The fourth-order valence-corrected chi connectivity index (χ4v) is 4.45. The Morgan fingerprint density at radius 2 is 2.10 bits per heavy atom. The largest absolute Gasteiger partial charge is 0.479 e. The normalized spacial score (nSPS) is 19.2. The maximum absolute atomic E-state index is 12.6. The lowest BCUT2D eigenvalue weighted by Gasteiger charge is -2.43. The van der Waals surface area contributed by atoms with Gasteiger partial charge >= 0.3 is 16.3 Å². The highest BCUT2D eigenvalue weighted by Gasteiger charge is 2.54. The Kier molecular flexibility index (Phi) is 7.18. The van der Waals surface area contributed by atoms with Gasteiger partial charge in [-0.1, -0.05) is 16.9 Å². The van der Waals surface area contributed by atoms with Crippen molar-refractivity contribution < 1.29 is 42.1 Å². The molecule has 3 amide bonds. The van der Waals surface area contributed by atoms with Crippen molar-refractivity contribution in [3.05, 3.63) is 11.1 Å². The van der Waals surface area contributed by atoms with Gasteiger partial charge in [0.25, 0.3) is 17.1 Å². The van der Waals surface area contributed by atoms with E-state index in [0.717, 1.165) is 11.3 Å². The van der Waals surface area contributed by atoms with Gasteiger partial charge in [-0.2, -0.15) is 8.42 Å². The van der Waals surface area contributed by atoms with Crippen LogP contribution in [-0.2, 0) is 29.5 Å². The van der Waals surface area contributed by atoms with Gasteiger partial charge in [0, 0.05) is 11.1 Å². The maximum atomic E-state index is 12.6. The van der Waals surface area contributed by atoms with Crippen molar-refractivity contribution in [1.82, 2.24) is 14.6 Å². The number of β-lactam (4-membered cyclic amide) rings is 1. The van der Waals surface area contributed by atoms with E-state index in [9.17, 15) is 32.1 Å². The van der Waals surface area contributed by atoms with Crippen LogP contribution in [0.15, 0.2) is 10.5 Å². The molecule has 1 saturated heterocycles. The Morgan fingerprint density at radius 1 is 1.43 bits per heavy atom. The zero-order chi connectivity index (χ0) is 22.6. The van der Waals surface area contributed by atoms with Gasteiger partial charge in [-0.3, -0.25) is 18.9 Å². The van der Waals surface area contributed by atoms with Crippen molar-refractivity contribution >= 4 is 67.3 Å². The summed E-state index contributed by atoms with van der Waals surface area (Å²) < 4.78 is 32.0. The average Bonchev–Trinajstić information content (AvgIpc) is 3.04. The fourth-order valence-electron chi connectivity index (χ4n) is 2.26. The van der Waals surface area contributed by atoms with Crippen LogP contribution in [0.2, 0.25) is 0 Å². The highest BCUT2D eigenvalue weighted by atomic mass is 32.2. The number of carbonyl (C=O) groups excluding carboxylic acids is 3. The second-order valence-electron chi connectivity index (χ2n) is 5.44. The second-order valence-corrected chi connectivity index (χ2v) is 8.64. The lowest BCUT2D eigenvalue weighted by molar-refractivity contribution is -0.143. The standard InChI is InChI=1S/C12H14N6O9S3/c13-11-15-4(2-28-11)7(17-27-1-6(19)20)9(21)16-8-5(3-29-12(14)23)18(10(8)22)30(24,25)26/h2,5,8H,1,3H2,(H2,13,15)(H2,14,23)(H,16,21)(H,19,20)(H,24,25,26)/b17-7-/t5-,8+/m1/s1. The monoisotopic (exact) mass is 482 g/mol. The van der Waals surface area contributed by atoms with Crippen LogP contribution in [0.5, 0.6) is 0 Å². The third-order valence-electron chi connectivity index (χ3n) is 3.42. The van der Waals surface area contributed by atoms with Crippen molar-refractivity contribution in [3.63, 3.8) is 0 Å². The molecule has 30 heavy (non-hydrogen) atoms. The van der Waals surface area contributed by atoms with Crippen molar-refractivity contribution in [3.8, 4) is 0 Å². The molecule has 1 aromatic heterocycles. The molecule has 1 aliphatic rings. The molecule has 1 aliphatic heterocycles. The summed E-state index contributed by atoms with van der Waals surface area (Å²) in [5, 5.41) is 14.7. The Balaban J connectivity index is 2.24. The van der Waals surface area contributed by atoms with E-state index in [2.05, 4.69) is 20.3 Å². The topological polar surface area (TPSA) is 245 Å². The number of thiazole rings is 1. The maximum Gasteiger partial charge on any atom is 0.362 e. The second kappa shape index (κ2) is 9.24. The molecule has 2 atom stereocenters. The van der Waals surface area contributed by atoms with Gasteiger partial charge in [0.1, 0.15) is 11.7 Å². The van der Waals surface area contributed by atoms with Crippen molar-refractivity contribution in [1.29, 1.82) is 0 Å². The van der Waals surface area contributed by atoms with Crippen LogP contribution < -0.4 is 16.8 Å². The first-order valence-electron chi connectivity index (χ1n) is 7.58. The number of nitrogen functional groups attached to an aromatic ring is 1. The highest BCUT2D eigenvalue weighted by Crippen LogP contribution is 2.27. The van der Waals surface area contributed by atoms with Gasteiger partial charge in [0.2, 0.25) is 6.61 Å². The number of thioether (sulfide) groups is 1. The summed E-state index contributed by atoms with van der Waals surface area (Å²) >= 11 is 1.40. The number of rotatable bonds is 9. The number of hydrogen-bond donors (Lipinski definition) is 5.